The second-order valence-electron chi connectivity index (χ2n) is 3.17. The van der Waals surface area contributed by atoms with Crippen molar-refractivity contribution in [1.29, 1.82) is 10.5 Å². The van der Waals surface area contributed by atoms with E-state index >= 15 is 0 Å². The second kappa shape index (κ2) is 5.59. The van der Waals surface area contributed by atoms with E-state index in [1.807, 2.05) is 0 Å². The van der Waals surface area contributed by atoms with Gasteiger partial charge in [0.15, 0.2) is 5.70 Å². The molecule has 1 saturated heterocycles. The van der Waals surface area contributed by atoms with Gasteiger partial charge in [-0.2, -0.15) is 10.5 Å². The summed E-state index contributed by atoms with van der Waals surface area (Å²) in [6.07, 6.45) is 0.729. The summed E-state index contributed by atoms with van der Waals surface area (Å²) in [7, 11) is 0. The molecule has 0 bridgehead atoms. The second-order valence-corrected chi connectivity index (χ2v) is 3.17. The number of carbonyl (C=O) groups excluding carboxylic acids is 1. The van der Waals surface area contributed by atoms with Crippen molar-refractivity contribution < 1.29 is 9.53 Å². The molecule has 0 aromatic heterocycles. The Balaban J connectivity index is 2.51. The quantitative estimate of drug-likeness (QED) is 0.531. The summed E-state index contributed by atoms with van der Waals surface area (Å²) >= 11 is 0. The Morgan fingerprint density at radius 3 is 2.69 bits per heavy atom. The number of nitrogens with two attached hydrogens (primary N) is 1. The molecule has 84 valence electrons. The van der Waals surface area contributed by atoms with Gasteiger partial charge >= 0.3 is 6.03 Å². The van der Waals surface area contributed by atoms with Gasteiger partial charge in [-0.25, -0.2) is 4.79 Å². The molecule has 7 heteroatoms. The minimum Gasteiger partial charge on any atom is -0.388 e. The van der Waals surface area contributed by atoms with Crippen molar-refractivity contribution in [2.45, 2.75) is 12.5 Å². The van der Waals surface area contributed by atoms with E-state index in [0.717, 1.165) is 6.42 Å². The topological polar surface area (TPSA) is 124 Å². The summed E-state index contributed by atoms with van der Waals surface area (Å²) in [6, 6.07) is 2.59. The summed E-state index contributed by atoms with van der Waals surface area (Å²) < 4.78 is 5.06. The van der Waals surface area contributed by atoms with Crippen molar-refractivity contribution >= 4 is 6.03 Å². The van der Waals surface area contributed by atoms with Gasteiger partial charge in [0.25, 0.3) is 0 Å². The molecule has 4 N–H and O–H groups in total. The molecule has 1 rings (SSSR count). The van der Waals surface area contributed by atoms with Crippen LogP contribution in [0.2, 0.25) is 0 Å². The normalized spacial score (nSPS) is 20.2. The van der Waals surface area contributed by atoms with Gasteiger partial charge < -0.3 is 15.8 Å². The van der Waals surface area contributed by atoms with Crippen molar-refractivity contribution in [3.63, 3.8) is 0 Å². The fourth-order valence-electron chi connectivity index (χ4n) is 1.19. The summed E-state index contributed by atoms with van der Waals surface area (Å²) in [5.74, 6) is 0. The van der Waals surface area contributed by atoms with Crippen molar-refractivity contribution in [3.8, 4) is 12.1 Å². The zero-order chi connectivity index (χ0) is 12.0. The first-order chi connectivity index (χ1) is 7.67. The smallest absolute Gasteiger partial charge is 0.320 e. The molecule has 1 fully saturated rings. The Morgan fingerprint density at radius 1 is 1.44 bits per heavy atom. The van der Waals surface area contributed by atoms with Gasteiger partial charge in [0.05, 0.1) is 12.6 Å². The van der Waals surface area contributed by atoms with E-state index in [2.05, 4.69) is 10.6 Å². The molecule has 0 aromatic rings. The molecule has 16 heavy (non-hydrogen) atoms. The lowest BCUT2D eigenvalue weighted by atomic mass is 10.3. The molecule has 1 aliphatic heterocycles. The third kappa shape index (κ3) is 3.15. The van der Waals surface area contributed by atoms with Crippen LogP contribution in [0.3, 0.4) is 0 Å². The van der Waals surface area contributed by atoms with Crippen molar-refractivity contribution in [2.24, 2.45) is 5.73 Å². The van der Waals surface area contributed by atoms with Crippen LogP contribution in [0.1, 0.15) is 6.42 Å². The van der Waals surface area contributed by atoms with Gasteiger partial charge in [-0.15, -0.1) is 0 Å². The van der Waals surface area contributed by atoms with Crippen LogP contribution in [0.25, 0.3) is 0 Å². The van der Waals surface area contributed by atoms with Crippen molar-refractivity contribution in [3.05, 3.63) is 11.4 Å². The maximum Gasteiger partial charge on any atom is 0.320 e. The Hall–Kier alpha value is -2.25. The average Bonchev–Trinajstić information content (AvgIpc) is 2.77. The van der Waals surface area contributed by atoms with E-state index in [0.29, 0.717) is 13.2 Å². The largest absolute Gasteiger partial charge is 0.388 e. The Kier molecular flexibility index (Phi) is 4.13. The number of nitrogens with one attached hydrogen (secondary N) is 2. The highest BCUT2D eigenvalue weighted by molar-refractivity contribution is 5.77. The zero-order valence-corrected chi connectivity index (χ0v) is 8.49. The predicted octanol–water partition coefficient (Wildman–Crippen LogP) is -0.708. The fraction of sp³-hybridized carbons (Fsp3) is 0.444. The van der Waals surface area contributed by atoms with Crippen LogP contribution in [0.4, 0.5) is 4.79 Å². The van der Waals surface area contributed by atoms with Crippen LogP contribution < -0.4 is 16.4 Å². The molecule has 1 heterocycles. The minimum absolute atomic E-state index is 0.0664. The Bertz CT molecular complexity index is 384. The summed E-state index contributed by atoms with van der Waals surface area (Å²) in [5.41, 5.74) is 4.64. The number of ether oxygens (including phenoxy) is 1. The lowest BCUT2D eigenvalue weighted by Gasteiger charge is -2.11. The standard InChI is InChI=1S/C9H11N5O2/c10-3-7(12)8(4-11)14-9(15)13-6-1-2-16-5-6/h6H,1-2,5,12H2,(H2,13,14,15)/b8-7-/t6-/m1/s1. The summed E-state index contributed by atoms with van der Waals surface area (Å²) in [5, 5.41) is 21.9. The minimum atomic E-state index is -0.565. The molecular formula is C9H11N5O2. The first-order valence-corrected chi connectivity index (χ1v) is 4.62. The molecule has 0 unspecified atom stereocenters. The number of hydrogen-bond acceptors (Lipinski definition) is 5. The number of urea groups is 1. The van der Waals surface area contributed by atoms with Crippen molar-refractivity contribution in [1.82, 2.24) is 10.6 Å². The number of hydrogen-bond donors (Lipinski definition) is 3. The maximum atomic E-state index is 11.4. The number of nitriles is 2. The third-order valence-corrected chi connectivity index (χ3v) is 2.01. The predicted molar refractivity (Wildman–Crippen MR) is 53.3 cm³/mol. The van der Waals surface area contributed by atoms with Crippen LogP contribution in [-0.2, 0) is 4.74 Å². The van der Waals surface area contributed by atoms with Gasteiger partial charge in [-0.3, -0.25) is 5.32 Å². The molecular weight excluding hydrogens is 210 g/mol. The van der Waals surface area contributed by atoms with E-state index < -0.39 is 6.03 Å². The molecule has 0 aliphatic carbocycles. The first kappa shape index (κ1) is 11.8. The van der Waals surface area contributed by atoms with Crippen LogP contribution >= 0.6 is 0 Å². The average molecular weight is 221 g/mol. The molecule has 2 amide bonds. The van der Waals surface area contributed by atoms with E-state index in [4.69, 9.17) is 21.0 Å². The number of carbonyl (C=O) groups is 1. The fourth-order valence-corrected chi connectivity index (χ4v) is 1.19. The zero-order valence-electron chi connectivity index (χ0n) is 8.49. The van der Waals surface area contributed by atoms with E-state index in [9.17, 15) is 4.79 Å². The highest BCUT2D eigenvalue weighted by Crippen LogP contribution is 2.03. The van der Waals surface area contributed by atoms with Crippen molar-refractivity contribution in [2.75, 3.05) is 13.2 Å². The number of amides is 2. The highest BCUT2D eigenvalue weighted by atomic mass is 16.5. The Labute approximate surface area is 92.5 Å². The summed E-state index contributed by atoms with van der Waals surface area (Å²) in [4.78, 5) is 11.4. The summed E-state index contributed by atoms with van der Waals surface area (Å²) in [6.45, 7) is 1.05. The maximum absolute atomic E-state index is 11.4. The van der Waals surface area contributed by atoms with Crippen LogP contribution in [0.15, 0.2) is 11.4 Å². The molecule has 0 radical (unpaired) electrons. The van der Waals surface area contributed by atoms with Crippen LogP contribution in [-0.4, -0.2) is 25.3 Å². The van der Waals surface area contributed by atoms with Gasteiger partial charge in [-0.1, -0.05) is 0 Å². The van der Waals surface area contributed by atoms with Gasteiger partial charge in [0, 0.05) is 6.61 Å². The van der Waals surface area contributed by atoms with Crippen LogP contribution in [0.5, 0.6) is 0 Å². The van der Waals surface area contributed by atoms with Crippen LogP contribution in [0, 0.1) is 22.7 Å². The van der Waals surface area contributed by atoms with E-state index in [-0.39, 0.29) is 17.4 Å². The molecule has 1 aliphatic rings. The molecule has 0 spiro atoms. The number of nitrogens with zero attached hydrogens (tertiary/aromatic N) is 2. The van der Waals surface area contributed by atoms with Gasteiger partial charge in [0.2, 0.25) is 0 Å². The lowest BCUT2D eigenvalue weighted by molar-refractivity contribution is 0.189. The highest BCUT2D eigenvalue weighted by Gasteiger charge is 2.18. The SMILES string of the molecule is N#C/C(N)=C(\C#N)NC(=O)N[C@@H]1CCOC1. The molecule has 0 saturated carbocycles. The molecule has 1 atom stereocenters. The number of allylic oxidation sites excluding steroid dienone is 2. The number of rotatable bonds is 2. The first-order valence-electron chi connectivity index (χ1n) is 4.62. The monoisotopic (exact) mass is 221 g/mol. The van der Waals surface area contributed by atoms with E-state index in [1.54, 1.807) is 12.1 Å². The molecule has 0 aromatic carbocycles. The molecule has 7 nitrogen and oxygen atoms in total. The Morgan fingerprint density at radius 2 is 2.19 bits per heavy atom. The van der Waals surface area contributed by atoms with E-state index in [1.165, 1.54) is 0 Å². The third-order valence-electron chi connectivity index (χ3n) is 2.01. The van der Waals surface area contributed by atoms with Gasteiger partial charge in [-0.05, 0) is 6.42 Å². The van der Waals surface area contributed by atoms with Gasteiger partial charge in [0.1, 0.15) is 17.8 Å². The lowest BCUT2D eigenvalue weighted by Crippen LogP contribution is -2.42.